The first-order valence-corrected chi connectivity index (χ1v) is 7.41. The van der Waals surface area contributed by atoms with Crippen LogP contribution in [0.2, 0.25) is 0 Å². The Kier molecular flexibility index (Phi) is 4.24. The zero-order valence-corrected chi connectivity index (χ0v) is 12.9. The minimum Gasteiger partial charge on any atom is -0.494 e. The molecule has 0 unspecified atom stereocenters. The summed E-state index contributed by atoms with van der Waals surface area (Å²) in [5, 5.41) is 9.03. The highest BCUT2D eigenvalue weighted by molar-refractivity contribution is 6.00. The van der Waals surface area contributed by atoms with Crippen molar-refractivity contribution in [2.45, 2.75) is 13.0 Å². The Morgan fingerprint density at radius 1 is 1.38 bits per heavy atom. The van der Waals surface area contributed by atoms with Gasteiger partial charge < -0.3 is 19.2 Å². The molecular weight excluding hydrogens is 317 g/mol. The Hall–Kier alpha value is -2.83. The second kappa shape index (κ2) is 6.35. The lowest BCUT2D eigenvalue weighted by Gasteiger charge is -2.22. The number of furan rings is 1. The zero-order chi connectivity index (χ0) is 17.3. The average molecular weight is 333 g/mol. The predicted octanol–water partition coefficient (Wildman–Crippen LogP) is 2.68. The van der Waals surface area contributed by atoms with E-state index in [1.54, 1.807) is 18.2 Å². The SMILES string of the molecule is COc1ccc(N(Cc2ccco2)C(=O)[C@H]2C[C@H]2C(=O)O)cc1F. The van der Waals surface area contributed by atoms with Crippen molar-refractivity contribution in [3.8, 4) is 5.75 Å². The summed E-state index contributed by atoms with van der Waals surface area (Å²) < 4.78 is 24.1. The summed E-state index contributed by atoms with van der Waals surface area (Å²) in [5.74, 6) is -2.64. The first-order chi connectivity index (χ1) is 11.5. The molecule has 126 valence electrons. The number of methoxy groups -OCH3 is 1. The number of aliphatic carboxylic acids is 1. The Morgan fingerprint density at radius 2 is 2.17 bits per heavy atom. The third-order valence-electron chi connectivity index (χ3n) is 4.03. The molecule has 2 atom stereocenters. The number of carbonyl (C=O) groups excluding carboxylic acids is 1. The van der Waals surface area contributed by atoms with E-state index in [0.29, 0.717) is 17.9 Å². The van der Waals surface area contributed by atoms with Gasteiger partial charge in [0.1, 0.15) is 5.76 Å². The van der Waals surface area contributed by atoms with E-state index < -0.39 is 23.6 Å². The second-order valence-corrected chi connectivity index (χ2v) is 5.61. The van der Waals surface area contributed by atoms with Gasteiger partial charge >= 0.3 is 5.97 Å². The number of carbonyl (C=O) groups is 2. The number of carboxylic acids is 1. The smallest absolute Gasteiger partial charge is 0.307 e. The molecule has 2 aromatic rings. The first kappa shape index (κ1) is 16.0. The van der Waals surface area contributed by atoms with Crippen LogP contribution in [0.4, 0.5) is 10.1 Å². The third kappa shape index (κ3) is 3.10. The van der Waals surface area contributed by atoms with Crippen LogP contribution >= 0.6 is 0 Å². The summed E-state index contributed by atoms with van der Waals surface area (Å²) in [6, 6.07) is 7.55. The number of nitrogens with zero attached hydrogens (tertiary/aromatic N) is 1. The highest BCUT2D eigenvalue weighted by atomic mass is 19.1. The van der Waals surface area contributed by atoms with Gasteiger partial charge in [-0.05, 0) is 30.7 Å². The van der Waals surface area contributed by atoms with Gasteiger partial charge in [-0.1, -0.05) is 0 Å². The van der Waals surface area contributed by atoms with E-state index in [1.165, 1.54) is 30.4 Å². The average Bonchev–Trinajstić information content (AvgIpc) is 3.21. The molecule has 1 aromatic heterocycles. The molecule has 6 nitrogen and oxygen atoms in total. The van der Waals surface area contributed by atoms with Gasteiger partial charge in [-0.25, -0.2) is 4.39 Å². The van der Waals surface area contributed by atoms with Crippen LogP contribution in [0.15, 0.2) is 41.0 Å². The number of rotatable bonds is 6. The summed E-state index contributed by atoms with van der Waals surface area (Å²) in [5.41, 5.74) is 0.325. The Balaban J connectivity index is 1.89. The van der Waals surface area contributed by atoms with Crippen molar-refractivity contribution in [2.75, 3.05) is 12.0 Å². The fourth-order valence-corrected chi connectivity index (χ4v) is 2.62. The van der Waals surface area contributed by atoms with Gasteiger partial charge in [-0.3, -0.25) is 9.59 Å². The number of benzene rings is 1. The molecule has 0 spiro atoms. The van der Waals surface area contributed by atoms with Crippen LogP contribution in [-0.2, 0) is 16.1 Å². The van der Waals surface area contributed by atoms with Gasteiger partial charge in [0.2, 0.25) is 5.91 Å². The molecular formula is C17H16FNO5. The topological polar surface area (TPSA) is 80.0 Å². The fraction of sp³-hybridized carbons (Fsp3) is 0.294. The molecule has 1 aliphatic carbocycles. The molecule has 7 heteroatoms. The van der Waals surface area contributed by atoms with Crippen LogP contribution in [0.5, 0.6) is 5.75 Å². The Bertz CT molecular complexity index is 758. The maximum absolute atomic E-state index is 14.0. The van der Waals surface area contributed by atoms with Crippen molar-refractivity contribution >= 4 is 17.6 Å². The van der Waals surface area contributed by atoms with E-state index in [-0.39, 0.29) is 18.2 Å². The number of carboxylic acid groups (broad SMARTS) is 1. The Morgan fingerprint density at radius 3 is 2.71 bits per heavy atom. The molecule has 1 fully saturated rings. The lowest BCUT2D eigenvalue weighted by molar-refractivity contribution is -0.140. The third-order valence-corrected chi connectivity index (χ3v) is 4.03. The van der Waals surface area contributed by atoms with Crippen molar-refractivity contribution in [1.82, 2.24) is 0 Å². The maximum Gasteiger partial charge on any atom is 0.307 e. The van der Waals surface area contributed by atoms with Gasteiger partial charge in [-0.2, -0.15) is 0 Å². The number of amides is 1. The number of hydrogen-bond donors (Lipinski definition) is 1. The summed E-state index contributed by atoms with van der Waals surface area (Å²) in [6.45, 7) is 0.0977. The summed E-state index contributed by atoms with van der Waals surface area (Å²) in [6.07, 6.45) is 1.77. The van der Waals surface area contributed by atoms with E-state index in [9.17, 15) is 14.0 Å². The summed E-state index contributed by atoms with van der Waals surface area (Å²) >= 11 is 0. The first-order valence-electron chi connectivity index (χ1n) is 7.41. The van der Waals surface area contributed by atoms with Crippen molar-refractivity contribution in [3.63, 3.8) is 0 Å². The van der Waals surface area contributed by atoms with Crippen LogP contribution in [0.3, 0.4) is 0 Å². The van der Waals surface area contributed by atoms with Crippen molar-refractivity contribution in [2.24, 2.45) is 11.8 Å². The molecule has 0 radical (unpaired) electrons. The lowest BCUT2D eigenvalue weighted by atomic mass is 10.2. The molecule has 1 N–H and O–H groups in total. The molecule has 1 amide bonds. The minimum absolute atomic E-state index is 0.0685. The molecule has 1 heterocycles. The van der Waals surface area contributed by atoms with Gasteiger partial charge in [0.25, 0.3) is 0 Å². The van der Waals surface area contributed by atoms with Gasteiger partial charge in [0.15, 0.2) is 11.6 Å². The highest BCUT2D eigenvalue weighted by Crippen LogP contribution is 2.41. The molecule has 0 bridgehead atoms. The van der Waals surface area contributed by atoms with Gasteiger partial charge in [-0.15, -0.1) is 0 Å². The van der Waals surface area contributed by atoms with Gasteiger partial charge in [0, 0.05) is 11.8 Å². The van der Waals surface area contributed by atoms with Crippen LogP contribution < -0.4 is 9.64 Å². The van der Waals surface area contributed by atoms with Crippen LogP contribution in [-0.4, -0.2) is 24.1 Å². The number of ether oxygens (including phenoxy) is 1. The number of halogens is 1. The van der Waals surface area contributed by atoms with Crippen molar-refractivity contribution < 1.29 is 28.2 Å². The lowest BCUT2D eigenvalue weighted by Crippen LogP contribution is -2.32. The van der Waals surface area contributed by atoms with E-state index in [2.05, 4.69) is 0 Å². The van der Waals surface area contributed by atoms with E-state index in [1.807, 2.05) is 0 Å². The molecule has 24 heavy (non-hydrogen) atoms. The van der Waals surface area contributed by atoms with Crippen LogP contribution in [0.1, 0.15) is 12.2 Å². The highest BCUT2D eigenvalue weighted by Gasteiger charge is 2.50. The summed E-state index contributed by atoms with van der Waals surface area (Å²) in [7, 11) is 1.35. The largest absolute Gasteiger partial charge is 0.494 e. The molecule has 3 rings (SSSR count). The summed E-state index contributed by atoms with van der Waals surface area (Å²) in [4.78, 5) is 25.0. The van der Waals surface area contributed by atoms with Crippen molar-refractivity contribution in [3.05, 3.63) is 48.2 Å². The number of anilines is 1. The van der Waals surface area contributed by atoms with E-state index >= 15 is 0 Å². The molecule has 1 saturated carbocycles. The predicted molar refractivity (Wildman–Crippen MR) is 82.1 cm³/mol. The monoisotopic (exact) mass is 333 g/mol. The van der Waals surface area contributed by atoms with E-state index in [4.69, 9.17) is 14.3 Å². The Labute approximate surface area is 137 Å². The standard InChI is InChI=1S/C17H16FNO5/c1-23-15-5-4-10(7-14(15)18)19(9-11-3-2-6-24-11)16(20)12-8-13(12)17(21)22/h2-7,12-13H,8-9H2,1H3,(H,21,22)/t12-,13+/m0/s1. The normalized spacial score (nSPS) is 18.9. The van der Waals surface area contributed by atoms with Crippen LogP contribution in [0, 0.1) is 17.7 Å². The van der Waals surface area contributed by atoms with Gasteiger partial charge in [0.05, 0.1) is 31.8 Å². The minimum atomic E-state index is -0.993. The van der Waals surface area contributed by atoms with Crippen LogP contribution in [0.25, 0.3) is 0 Å². The zero-order valence-electron chi connectivity index (χ0n) is 12.9. The molecule has 0 aliphatic heterocycles. The quantitative estimate of drug-likeness (QED) is 0.879. The molecule has 0 saturated heterocycles. The molecule has 1 aliphatic rings. The van der Waals surface area contributed by atoms with Crippen molar-refractivity contribution in [1.29, 1.82) is 0 Å². The maximum atomic E-state index is 14.0. The fourth-order valence-electron chi connectivity index (χ4n) is 2.62. The van der Waals surface area contributed by atoms with E-state index in [0.717, 1.165) is 0 Å². The second-order valence-electron chi connectivity index (χ2n) is 5.61. The molecule has 1 aromatic carbocycles. The number of hydrogen-bond acceptors (Lipinski definition) is 4.